The van der Waals surface area contributed by atoms with Crippen LogP contribution in [-0.4, -0.2) is 27.7 Å². The monoisotopic (exact) mass is 405 g/mol. The first-order valence-electron chi connectivity index (χ1n) is 7.56. The number of nitrogens with one attached hydrogen (secondary N) is 1. The fourth-order valence-corrected chi connectivity index (χ4v) is 3.25. The van der Waals surface area contributed by atoms with Gasteiger partial charge in [0.25, 0.3) is 5.91 Å². The highest BCUT2D eigenvalue weighted by Gasteiger charge is 2.25. The van der Waals surface area contributed by atoms with Crippen molar-refractivity contribution in [1.29, 1.82) is 0 Å². The number of carbonyl (C=O) groups is 2. The number of fused-ring (bicyclic) bond motifs is 1. The van der Waals surface area contributed by atoms with Crippen molar-refractivity contribution in [2.75, 3.05) is 5.32 Å². The van der Waals surface area contributed by atoms with Gasteiger partial charge in [-0.3, -0.25) is 10.1 Å². The number of rotatable bonds is 4. The molecule has 0 saturated carbocycles. The zero-order valence-corrected chi connectivity index (χ0v) is 15.5. The van der Waals surface area contributed by atoms with E-state index < -0.39 is 18.0 Å². The van der Waals surface area contributed by atoms with Gasteiger partial charge in [0.15, 0.2) is 6.10 Å². The molecule has 0 spiro atoms. The Morgan fingerprint density at radius 2 is 2.08 bits per heavy atom. The van der Waals surface area contributed by atoms with Gasteiger partial charge >= 0.3 is 5.97 Å². The van der Waals surface area contributed by atoms with Crippen molar-refractivity contribution < 1.29 is 18.8 Å². The van der Waals surface area contributed by atoms with Crippen LogP contribution in [0.5, 0.6) is 0 Å². The molecule has 1 amide bonds. The Balaban J connectivity index is 1.76. The van der Waals surface area contributed by atoms with Crippen molar-refractivity contribution in [3.05, 3.63) is 46.2 Å². The number of aryl methyl sites for hydroxylation is 2. The van der Waals surface area contributed by atoms with Gasteiger partial charge in [0.2, 0.25) is 5.88 Å². The summed E-state index contributed by atoms with van der Waals surface area (Å²) in [6.45, 7) is 3.23. The molecule has 2 aromatic heterocycles. The highest BCUT2D eigenvalue weighted by Crippen LogP contribution is 2.30. The number of carbonyl (C=O) groups excluding carboxylic acids is 2. The Hall–Kier alpha value is -2.61. The van der Waals surface area contributed by atoms with E-state index in [2.05, 4.69) is 26.4 Å². The minimum atomic E-state index is -0.997. The van der Waals surface area contributed by atoms with E-state index >= 15 is 0 Å². The first kappa shape index (κ1) is 17.2. The number of para-hydroxylation sites is 1. The Kier molecular flexibility index (Phi) is 4.63. The molecule has 0 bridgehead atoms. The standard InChI is InChI=1S/C17H16BrN3O4/c1-9-8-13(25-20-9)19-16(22)10(2)24-17(23)15-14(18)11-6-4-5-7-12(11)21(15)3/h4-8,10H,1-3H3,(H,19,22)/t10-/m1/s1. The fraction of sp³-hybridized carbons (Fsp3) is 0.235. The predicted molar refractivity (Wildman–Crippen MR) is 95.4 cm³/mol. The number of hydrogen-bond acceptors (Lipinski definition) is 5. The molecule has 25 heavy (non-hydrogen) atoms. The van der Waals surface area contributed by atoms with Crippen molar-refractivity contribution in [1.82, 2.24) is 9.72 Å². The lowest BCUT2D eigenvalue weighted by Gasteiger charge is -2.13. The summed E-state index contributed by atoms with van der Waals surface area (Å²) in [5.41, 5.74) is 1.87. The van der Waals surface area contributed by atoms with E-state index in [1.54, 1.807) is 24.6 Å². The smallest absolute Gasteiger partial charge is 0.356 e. The summed E-state index contributed by atoms with van der Waals surface area (Å²) in [4.78, 5) is 24.7. The third-order valence-electron chi connectivity index (χ3n) is 3.77. The van der Waals surface area contributed by atoms with Crippen LogP contribution >= 0.6 is 15.9 Å². The van der Waals surface area contributed by atoms with Crippen LogP contribution in [0, 0.1) is 6.92 Å². The van der Waals surface area contributed by atoms with Crippen LogP contribution in [0.3, 0.4) is 0 Å². The minimum Gasteiger partial charge on any atom is -0.448 e. The first-order valence-corrected chi connectivity index (χ1v) is 8.36. The van der Waals surface area contributed by atoms with E-state index in [0.717, 1.165) is 10.9 Å². The van der Waals surface area contributed by atoms with Gasteiger partial charge in [-0.25, -0.2) is 4.79 Å². The van der Waals surface area contributed by atoms with Crippen LogP contribution in [0.25, 0.3) is 10.9 Å². The molecule has 0 radical (unpaired) electrons. The Morgan fingerprint density at radius 1 is 1.36 bits per heavy atom. The zero-order valence-electron chi connectivity index (χ0n) is 13.9. The molecule has 1 N–H and O–H groups in total. The van der Waals surface area contributed by atoms with Gasteiger partial charge in [-0.05, 0) is 35.8 Å². The molecule has 7 nitrogen and oxygen atoms in total. The average molecular weight is 406 g/mol. The van der Waals surface area contributed by atoms with E-state index in [1.165, 1.54) is 6.92 Å². The van der Waals surface area contributed by atoms with E-state index in [-0.39, 0.29) is 5.88 Å². The van der Waals surface area contributed by atoms with Gasteiger partial charge < -0.3 is 13.8 Å². The van der Waals surface area contributed by atoms with E-state index in [9.17, 15) is 9.59 Å². The van der Waals surface area contributed by atoms with E-state index in [4.69, 9.17) is 9.26 Å². The molecule has 0 unspecified atom stereocenters. The molecule has 2 heterocycles. The number of ether oxygens (including phenoxy) is 1. The topological polar surface area (TPSA) is 86.4 Å². The van der Waals surface area contributed by atoms with Gasteiger partial charge in [0.05, 0.1) is 10.2 Å². The van der Waals surface area contributed by atoms with Crippen molar-refractivity contribution in [2.45, 2.75) is 20.0 Å². The minimum absolute atomic E-state index is 0.205. The average Bonchev–Trinajstić information content (AvgIpc) is 3.09. The van der Waals surface area contributed by atoms with Crippen molar-refractivity contribution in [3.8, 4) is 0 Å². The Bertz CT molecular complexity index is 921. The number of nitrogens with zero attached hydrogens (tertiary/aromatic N) is 2. The zero-order chi connectivity index (χ0) is 18.1. The van der Waals surface area contributed by atoms with Crippen LogP contribution in [0.1, 0.15) is 23.1 Å². The van der Waals surface area contributed by atoms with Crippen LogP contribution in [0.2, 0.25) is 0 Å². The van der Waals surface area contributed by atoms with Crippen LogP contribution < -0.4 is 5.32 Å². The molecule has 3 rings (SSSR count). The summed E-state index contributed by atoms with van der Waals surface area (Å²) >= 11 is 3.44. The number of amides is 1. The number of hydrogen-bond donors (Lipinski definition) is 1. The second-order valence-electron chi connectivity index (χ2n) is 5.61. The predicted octanol–water partition coefficient (Wildman–Crippen LogP) is 3.42. The second kappa shape index (κ2) is 6.72. The van der Waals surface area contributed by atoms with E-state index in [0.29, 0.717) is 15.9 Å². The third kappa shape index (κ3) is 3.30. The van der Waals surface area contributed by atoms with Crippen LogP contribution in [0.15, 0.2) is 39.3 Å². The first-order chi connectivity index (χ1) is 11.9. The summed E-state index contributed by atoms with van der Waals surface area (Å²) in [7, 11) is 1.77. The van der Waals surface area contributed by atoms with Gasteiger partial charge in [0.1, 0.15) is 5.69 Å². The van der Waals surface area contributed by atoms with Crippen molar-refractivity contribution >= 4 is 44.6 Å². The highest BCUT2D eigenvalue weighted by atomic mass is 79.9. The highest BCUT2D eigenvalue weighted by molar-refractivity contribution is 9.10. The number of anilines is 1. The fourth-order valence-electron chi connectivity index (χ4n) is 2.49. The Labute approximate surface area is 152 Å². The van der Waals surface area contributed by atoms with Crippen LogP contribution in [0.4, 0.5) is 5.88 Å². The van der Waals surface area contributed by atoms with Gasteiger partial charge in [-0.2, -0.15) is 0 Å². The molecule has 0 aliphatic heterocycles. The largest absolute Gasteiger partial charge is 0.448 e. The molecule has 8 heteroatoms. The number of esters is 1. The SMILES string of the molecule is Cc1cc(NC(=O)[C@@H](C)OC(=O)c2c(Br)c3ccccc3n2C)on1. The number of aromatic nitrogens is 2. The maximum absolute atomic E-state index is 12.5. The van der Waals surface area contributed by atoms with Crippen molar-refractivity contribution in [3.63, 3.8) is 0 Å². The van der Waals surface area contributed by atoms with Crippen LogP contribution in [-0.2, 0) is 16.6 Å². The third-order valence-corrected chi connectivity index (χ3v) is 4.57. The molecule has 130 valence electrons. The summed E-state index contributed by atoms with van der Waals surface area (Å²) in [5, 5.41) is 7.08. The lowest BCUT2D eigenvalue weighted by molar-refractivity contribution is -0.124. The molecule has 0 saturated heterocycles. The van der Waals surface area contributed by atoms with Crippen molar-refractivity contribution in [2.24, 2.45) is 7.05 Å². The quantitative estimate of drug-likeness (QED) is 0.671. The summed E-state index contributed by atoms with van der Waals surface area (Å²) in [5.74, 6) is -0.891. The maximum Gasteiger partial charge on any atom is 0.356 e. The molecule has 0 fully saturated rings. The maximum atomic E-state index is 12.5. The van der Waals surface area contributed by atoms with Gasteiger partial charge in [0, 0.05) is 24.0 Å². The lowest BCUT2D eigenvalue weighted by Crippen LogP contribution is -2.30. The number of halogens is 1. The summed E-state index contributed by atoms with van der Waals surface area (Å²) in [6.07, 6.45) is -0.997. The molecule has 0 aliphatic rings. The van der Waals surface area contributed by atoms with Gasteiger partial charge in [-0.1, -0.05) is 23.4 Å². The molecular weight excluding hydrogens is 390 g/mol. The summed E-state index contributed by atoms with van der Waals surface area (Å²) < 4.78 is 12.6. The second-order valence-corrected chi connectivity index (χ2v) is 6.40. The molecule has 0 aliphatic carbocycles. The molecule has 3 aromatic rings. The van der Waals surface area contributed by atoms with E-state index in [1.807, 2.05) is 24.3 Å². The normalized spacial score (nSPS) is 12.2. The summed E-state index contributed by atoms with van der Waals surface area (Å²) in [6, 6.07) is 9.15. The molecule has 1 atom stereocenters. The molecular formula is C17H16BrN3O4. The number of benzene rings is 1. The molecule has 1 aromatic carbocycles. The lowest BCUT2D eigenvalue weighted by atomic mass is 10.2. The van der Waals surface area contributed by atoms with Gasteiger partial charge in [-0.15, -0.1) is 0 Å². The Morgan fingerprint density at radius 3 is 2.72 bits per heavy atom.